The van der Waals surface area contributed by atoms with Gasteiger partial charge in [-0.1, -0.05) is 18.6 Å². The standard InChI is InChI=1S/C19H24N2/c1-13(19-10-14-2-4-17(19)8-14)21-11-15-3-5-18-12-20-7-6-16(18)9-15/h3,5-7,9,12-14,17,19,21H,2,4,8,10-11H2,1H3. The zero-order valence-corrected chi connectivity index (χ0v) is 12.8. The first-order chi connectivity index (χ1) is 10.3. The monoisotopic (exact) mass is 280 g/mol. The first-order valence-electron chi connectivity index (χ1n) is 8.35. The van der Waals surface area contributed by atoms with Crippen LogP contribution in [0.15, 0.2) is 36.7 Å². The summed E-state index contributed by atoms with van der Waals surface area (Å²) in [5, 5.41) is 6.29. The van der Waals surface area contributed by atoms with Crippen molar-refractivity contribution in [3.8, 4) is 0 Å². The Morgan fingerprint density at radius 2 is 2.14 bits per heavy atom. The van der Waals surface area contributed by atoms with Gasteiger partial charge in [-0.25, -0.2) is 0 Å². The SMILES string of the molecule is CC(NCc1ccc2cnccc2c1)C1CC2CCC1C2. The number of pyridine rings is 1. The summed E-state index contributed by atoms with van der Waals surface area (Å²) in [6, 6.07) is 9.44. The van der Waals surface area contributed by atoms with Crippen molar-refractivity contribution in [3.05, 3.63) is 42.2 Å². The van der Waals surface area contributed by atoms with Crippen LogP contribution in [0.2, 0.25) is 0 Å². The van der Waals surface area contributed by atoms with Crippen LogP contribution >= 0.6 is 0 Å². The zero-order chi connectivity index (χ0) is 14.2. The Morgan fingerprint density at radius 3 is 2.95 bits per heavy atom. The summed E-state index contributed by atoms with van der Waals surface area (Å²) in [6.07, 6.45) is 9.74. The first kappa shape index (κ1) is 13.3. The quantitative estimate of drug-likeness (QED) is 0.910. The van der Waals surface area contributed by atoms with Gasteiger partial charge in [0, 0.05) is 30.4 Å². The van der Waals surface area contributed by atoms with E-state index in [0.717, 1.165) is 24.3 Å². The van der Waals surface area contributed by atoms with E-state index in [9.17, 15) is 0 Å². The number of hydrogen-bond donors (Lipinski definition) is 1. The Kier molecular flexibility index (Phi) is 3.42. The Hall–Kier alpha value is -1.41. The molecule has 0 amide bonds. The van der Waals surface area contributed by atoms with Crippen molar-refractivity contribution in [3.63, 3.8) is 0 Å². The van der Waals surface area contributed by atoms with E-state index in [0.29, 0.717) is 6.04 Å². The number of nitrogens with zero attached hydrogens (tertiary/aromatic N) is 1. The third-order valence-electron chi connectivity index (χ3n) is 5.77. The molecule has 1 heterocycles. The van der Waals surface area contributed by atoms with E-state index in [2.05, 4.69) is 41.5 Å². The fourth-order valence-corrected chi connectivity index (χ4v) is 4.58. The van der Waals surface area contributed by atoms with Crippen LogP contribution in [0.3, 0.4) is 0 Å². The van der Waals surface area contributed by atoms with Gasteiger partial charge in [-0.05, 0) is 67.0 Å². The second-order valence-electron chi connectivity index (χ2n) is 7.07. The van der Waals surface area contributed by atoms with Gasteiger partial charge < -0.3 is 5.32 Å². The second-order valence-corrected chi connectivity index (χ2v) is 7.07. The minimum Gasteiger partial charge on any atom is -0.310 e. The highest BCUT2D eigenvalue weighted by atomic mass is 14.9. The molecule has 4 unspecified atom stereocenters. The molecule has 4 rings (SSSR count). The van der Waals surface area contributed by atoms with Crippen LogP contribution in [0.5, 0.6) is 0 Å². The Labute approximate surface area is 127 Å². The molecule has 2 aliphatic carbocycles. The predicted octanol–water partition coefficient (Wildman–Crippen LogP) is 4.15. The van der Waals surface area contributed by atoms with Crippen LogP contribution in [0.1, 0.15) is 38.2 Å². The molecule has 2 aliphatic rings. The molecule has 2 heteroatoms. The normalized spacial score (nSPS) is 29.1. The van der Waals surface area contributed by atoms with Crippen molar-refractivity contribution < 1.29 is 0 Å². The van der Waals surface area contributed by atoms with Crippen LogP contribution in [-0.2, 0) is 6.54 Å². The third-order valence-corrected chi connectivity index (χ3v) is 5.77. The van der Waals surface area contributed by atoms with Gasteiger partial charge >= 0.3 is 0 Å². The number of aromatic nitrogens is 1. The highest BCUT2D eigenvalue weighted by Crippen LogP contribution is 2.49. The van der Waals surface area contributed by atoms with Crippen molar-refractivity contribution in [1.82, 2.24) is 10.3 Å². The molecule has 0 spiro atoms. The smallest absolute Gasteiger partial charge is 0.0346 e. The largest absolute Gasteiger partial charge is 0.310 e. The molecular weight excluding hydrogens is 256 g/mol. The molecular formula is C19H24N2. The van der Waals surface area contributed by atoms with Crippen LogP contribution in [0, 0.1) is 17.8 Å². The molecule has 0 saturated heterocycles. The van der Waals surface area contributed by atoms with Crippen LogP contribution < -0.4 is 5.32 Å². The van der Waals surface area contributed by atoms with Gasteiger partial charge in [-0.2, -0.15) is 0 Å². The van der Waals surface area contributed by atoms with Crippen LogP contribution in [0.25, 0.3) is 10.8 Å². The molecule has 2 nitrogen and oxygen atoms in total. The van der Waals surface area contributed by atoms with Gasteiger partial charge in [0.2, 0.25) is 0 Å². The molecule has 2 bridgehead atoms. The zero-order valence-electron chi connectivity index (χ0n) is 12.8. The molecule has 2 saturated carbocycles. The van der Waals surface area contributed by atoms with E-state index in [1.807, 2.05) is 12.4 Å². The van der Waals surface area contributed by atoms with Crippen molar-refractivity contribution in [2.75, 3.05) is 0 Å². The minimum atomic E-state index is 0.647. The molecule has 1 N–H and O–H groups in total. The molecule has 110 valence electrons. The minimum absolute atomic E-state index is 0.647. The summed E-state index contributed by atoms with van der Waals surface area (Å²) < 4.78 is 0. The number of nitrogens with one attached hydrogen (secondary N) is 1. The van der Waals surface area contributed by atoms with Gasteiger partial charge in [-0.3, -0.25) is 4.98 Å². The highest BCUT2D eigenvalue weighted by Gasteiger charge is 2.41. The summed E-state index contributed by atoms with van der Waals surface area (Å²) in [6.45, 7) is 3.36. The van der Waals surface area contributed by atoms with Crippen molar-refractivity contribution in [1.29, 1.82) is 0 Å². The first-order valence-corrected chi connectivity index (χ1v) is 8.35. The summed E-state index contributed by atoms with van der Waals surface area (Å²) >= 11 is 0. The predicted molar refractivity (Wildman–Crippen MR) is 87.0 cm³/mol. The molecule has 1 aromatic carbocycles. The third kappa shape index (κ3) is 2.57. The molecule has 21 heavy (non-hydrogen) atoms. The second kappa shape index (κ2) is 5.42. The molecule has 0 aliphatic heterocycles. The Bertz CT molecular complexity index is 636. The van der Waals surface area contributed by atoms with E-state index in [1.54, 1.807) is 0 Å². The fraction of sp³-hybridized carbons (Fsp3) is 0.526. The number of hydrogen-bond acceptors (Lipinski definition) is 2. The summed E-state index contributed by atoms with van der Waals surface area (Å²) in [7, 11) is 0. The summed E-state index contributed by atoms with van der Waals surface area (Å²) in [4.78, 5) is 4.18. The molecule has 0 radical (unpaired) electrons. The maximum atomic E-state index is 4.18. The number of rotatable bonds is 4. The van der Waals surface area contributed by atoms with Crippen LogP contribution in [0.4, 0.5) is 0 Å². The van der Waals surface area contributed by atoms with E-state index >= 15 is 0 Å². The highest BCUT2D eigenvalue weighted by molar-refractivity contribution is 5.81. The van der Waals surface area contributed by atoms with Gasteiger partial charge in [0.1, 0.15) is 0 Å². The molecule has 2 aromatic rings. The number of fused-ring (bicyclic) bond motifs is 3. The molecule has 4 atom stereocenters. The Morgan fingerprint density at radius 1 is 1.19 bits per heavy atom. The average molecular weight is 280 g/mol. The van der Waals surface area contributed by atoms with Crippen molar-refractivity contribution in [2.24, 2.45) is 17.8 Å². The van der Waals surface area contributed by atoms with E-state index in [1.165, 1.54) is 42.0 Å². The lowest BCUT2D eigenvalue weighted by Gasteiger charge is -2.28. The van der Waals surface area contributed by atoms with Gasteiger partial charge in [0.15, 0.2) is 0 Å². The molecule has 2 fully saturated rings. The summed E-state index contributed by atoms with van der Waals surface area (Å²) in [5.41, 5.74) is 1.38. The van der Waals surface area contributed by atoms with E-state index < -0.39 is 0 Å². The molecule has 1 aromatic heterocycles. The Balaban J connectivity index is 1.41. The fourth-order valence-electron chi connectivity index (χ4n) is 4.58. The van der Waals surface area contributed by atoms with Crippen molar-refractivity contribution in [2.45, 2.75) is 45.2 Å². The van der Waals surface area contributed by atoms with Gasteiger partial charge in [0.25, 0.3) is 0 Å². The van der Waals surface area contributed by atoms with Crippen LogP contribution in [-0.4, -0.2) is 11.0 Å². The van der Waals surface area contributed by atoms with Gasteiger partial charge in [0.05, 0.1) is 0 Å². The number of benzene rings is 1. The van der Waals surface area contributed by atoms with E-state index in [-0.39, 0.29) is 0 Å². The van der Waals surface area contributed by atoms with Crippen molar-refractivity contribution >= 4 is 10.8 Å². The maximum Gasteiger partial charge on any atom is 0.0346 e. The lowest BCUT2D eigenvalue weighted by Crippen LogP contribution is -2.35. The lowest BCUT2D eigenvalue weighted by atomic mass is 9.84. The van der Waals surface area contributed by atoms with E-state index in [4.69, 9.17) is 0 Å². The van der Waals surface area contributed by atoms with Gasteiger partial charge in [-0.15, -0.1) is 0 Å². The lowest BCUT2D eigenvalue weighted by molar-refractivity contribution is 0.259. The maximum absolute atomic E-state index is 4.18. The topological polar surface area (TPSA) is 24.9 Å². The summed E-state index contributed by atoms with van der Waals surface area (Å²) in [5.74, 6) is 2.95. The average Bonchev–Trinajstić information content (AvgIpc) is 3.15.